The Bertz CT molecular complexity index is 704. The van der Waals surface area contributed by atoms with Crippen molar-refractivity contribution in [2.24, 2.45) is 7.05 Å². The van der Waals surface area contributed by atoms with Gasteiger partial charge in [-0.3, -0.25) is 4.98 Å². The molecule has 3 heterocycles. The Balaban J connectivity index is 1.88. The number of nitrogens with zero attached hydrogens (tertiary/aromatic N) is 5. The van der Waals surface area contributed by atoms with Crippen LogP contribution in [0, 0.1) is 0 Å². The Kier molecular flexibility index (Phi) is 3.70. The minimum Gasteiger partial charge on any atom is -0.310 e. The summed E-state index contributed by atoms with van der Waals surface area (Å²) in [5.41, 5.74) is 2.21. The van der Waals surface area contributed by atoms with Gasteiger partial charge in [0.05, 0.1) is 17.3 Å². The maximum atomic E-state index is 4.50. The minimum absolute atomic E-state index is 0.156. The first-order valence-electron chi connectivity index (χ1n) is 6.55. The van der Waals surface area contributed by atoms with Gasteiger partial charge in [0.1, 0.15) is 0 Å². The molecule has 6 nitrogen and oxygen atoms in total. The molecule has 0 fully saturated rings. The molecule has 0 saturated heterocycles. The molecule has 3 aromatic rings. The van der Waals surface area contributed by atoms with Gasteiger partial charge in [-0.25, -0.2) is 0 Å². The number of aromatic nitrogens is 5. The van der Waals surface area contributed by atoms with E-state index in [2.05, 4.69) is 44.1 Å². The van der Waals surface area contributed by atoms with E-state index in [1.54, 1.807) is 18.4 Å². The van der Waals surface area contributed by atoms with Crippen LogP contribution < -0.4 is 5.32 Å². The molecule has 0 spiro atoms. The van der Waals surface area contributed by atoms with E-state index >= 15 is 0 Å². The predicted octanol–water partition coefficient (Wildman–Crippen LogP) is 1.71. The minimum atomic E-state index is 0.156. The molecule has 3 aromatic heterocycles. The smallest absolute Gasteiger partial charge is 0.176 e. The van der Waals surface area contributed by atoms with Crippen LogP contribution in [0.3, 0.4) is 0 Å². The quantitative estimate of drug-likeness (QED) is 0.774. The lowest BCUT2D eigenvalue weighted by atomic mass is 10.1. The van der Waals surface area contributed by atoms with Gasteiger partial charge in [-0.2, -0.15) is 4.80 Å². The van der Waals surface area contributed by atoms with Gasteiger partial charge in [0.15, 0.2) is 5.82 Å². The van der Waals surface area contributed by atoms with Gasteiger partial charge in [-0.15, -0.1) is 21.5 Å². The van der Waals surface area contributed by atoms with E-state index in [1.807, 2.05) is 12.3 Å². The van der Waals surface area contributed by atoms with Gasteiger partial charge in [-0.1, -0.05) is 6.92 Å². The van der Waals surface area contributed by atoms with Crippen molar-refractivity contribution in [2.75, 3.05) is 6.54 Å². The van der Waals surface area contributed by atoms with Crippen molar-refractivity contribution >= 4 is 21.6 Å². The van der Waals surface area contributed by atoms with E-state index in [-0.39, 0.29) is 6.04 Å². The zero-order valence-corrected chi connectivity index (χ0v) is 12.3. The van der Waals surface area contributed by atoms with Crippen LogP contribution in [0.25, 0.3) is 10.2 Å². The molecule has 0 saturated carbocycles. The number of aryl methyl sites for hydroxylation is 1. The first-order chi connectivity index (χ1) is 9.76. The summed E-state index contributed by atoms with van der Waals surface area (Å²) in [4.78, 5) is 5.99. The lowest BCUT2D eigenvalue weighted by Gasteiger charge is -2.16. The normalized spacial score (nSPS) is 12.9. The number of fused-ring (bicyclic) bond motifs is 1. The number of tetrazole rings is 1. The molecule has 0 aliphatic rings. The molecular formula is C13H16N6S. The molecule has 0 amide bonds. The van der Waals surface area contributed by atoms with E-state index in [1.165, 1.54) is 9.50 Å². The largest absolute Gasteiger partial charge is 0.310 e. The molecule has 0 aromatic carbocycles. The monoisotopic (exact) mass is 288 g/mol. The van der Waals surface area contributed by atoms with Gasteiger partial charge >= 0.3 is 0 Å². The number of thiophene rings is 1. The van der Waals surface area contributed by atoms with Gasteiger partial charge in [0.25, 0.3) is 0 Å². The number of likely N-dealkylation sites (N-methyl/N-ethyl adjacent to an activating group) is 1. The predicted molar refractivity (Wildman–Crippen MR) is 78.5 cm³/mol. The Morgan fingerprint density at radius 1 is 1.45 bits per heavy atom. The van der Waals surface area contributed by atoms with Gasteiger partial charge in [0.2, 0.25) is 0 Å². The van der Waals surface area contributed by atoms with Crippen molar-refractivity contribution in [3.63, 3.8) is 0 Å². The van der Waals surface area contributed by atoms with Crippen molar-refractivity contribution in [1.82, 2.24) is 30.5 Å². The lowest BCUT2D eigenvalue weighted by molar-refractivity contribution is 0.534. The lowest BCUT2D eigenvalue weighted by Crippen LogP contribution is -2.23. The van der Waals surface area contributed by atoms with Crippen LogP contribution in [-0.2, 0) is 13.5 Å². The van der Waals surface area contributed by atoms with E-state index in [4.69, 9.17) is 0 Å². The molecule has 3 rings (SSSR count). The molecular weight excluding hydrogens is 272 g/mol. The first kappa shape index (κ1) is 13.1. The van der Waals surface area contributed by atoms with Crippen LogP contribution in [0.4, 0.5) is 0 Å². The highest BCUT2D eigenvalue weighted by Crippen LogP contribution is 2.24. The summed E-state index contributed by atoms with van der Waals surface area (Å²) < 4.78 is 1.21. The van der Waals surface area contributed by atoms with Crippen LogP contribution in [0.1, 0.15) is 24.4 Å². The Labute approximate surface area is 120 Å². The zero-order valence-electron chi connectivity index (χ0n) is 11.4. The third-order valence-electron chi connectivity index (χ3n) is 3.11. The summed E-state index contributed by atoms with van der Waals surface area (Å²) in [5, 5.41) is 17.7. The molecule has 7 heteroatoms. The van der Waals surface area contributed by atoms with Gasteiger partial charge in [-0.05, 0) is 34.8 Å². The highest BCUT2D eigenvalue weighted by atomic mass is 32.1. The second-order valence-electron chi connectivity index (χ2n) is 4.58. The maximum absolute atomic E-state index is 4.50. The molecule has 0 aliphatic carbocycles. The summed E-state index contributed by atoms with van der Waals surface area (Å²) in [7, 11) is 1.78. The van der Waals surface area contributed by atoms with Gasteiger partial charge in [0, 0.05) is 18.7 Å². The van der Waals surface area contributed by atoms with E-state index in [9.17, 15) is 0 Å². The molecule has 1 N–H and O–H groups in total. The topological polar surface area (TPSA) is 68.5 Å². The molecule has 0 bridgehead atoms. The third-order valence-corrected chi connectivity index (χ3v) is 3.97. The van der Waals surface area contributed by atoms with Crippen molar-refractivity contribution < 1.29 is 0 Å². The summed E-state index contributed by atoms with van der Waals surface area (Å²) >= 11 is 1.71. The molecule has 0 aliphatic heterocycles. The van der Waals surface area contributed by atoms with Crippen LogP contribution in [-0.4, -0.2) is 31.7 Å². The number of hydrogen-bond acceptors (Lipinski definition) is 6. The zero-order chi connectivity index (χ0) is 13.9. The van der Waals surface area contributed by atoms with Crippen LogP contribution in [0.5, 0.6) is 0 Å². The maximum Gasteiger partial charge on any atom is 0.176 e. The van der Waals surface area contributed by atoms with Crippen LogP contribution in [0.2, 0.25) is 0 Å². The number of hydrogen-bond donors (Lipinski definition) is 1. The van der Waals surface area contributed by atoms with Crippen molar-refractivity contribution in [1.29, 1.82) is 0 Å². The number of nitrogens with one attached hydrogen (secondary N) is 1. The van der Waals surface area contributed by atoms with E-state index in [0.717, 1.165) is 23.4 Å². The Morgan fingerprint density at radius 2 is 2.35 bits per heavy atom. The van der Waals surface area contributed by atoms with E-state index in [0.29, 0.717) is 6.42 Å². The highest BCUT2D eigenvalue weighted by Gasteiger charge is 2.15. The first-order valence-corrected chi connectivity index (χ1v) is 7.43. The Morgan fingerprint density at radius 3 is 3.10 bits per heavy atom. The van der Waals surface area contributed by atoms with E-state index < -0.39 is 0 Å². The van der Waals surface area contributed by atoms with Crippen LogP contribution in [0.15, 0.2) is 23.7 Å². The van der Waals surface area contributed by atoms with Gasteiger partial charge < -0.3 is 5.32 Å². The molecule has 104 valence electrons. The SMILES string of the molecule is CCNC(Cc1nnn(C)n1)c1cnc2ccsc2c1. The average Bonchev–Trinajstić information content (AvgIpc) is 3.06. The average molecular weight is 288 g/mol. The van der Waals surface area contributed by atoms with Crippen LogP contribution >= 0.6 is 11.3 Å². The fraction of sp³-hybridized carbons (Fsp3) is 0.385. The molecule has 0 radical (unpaired) electrons. The van der Waals surface area contributed by atoms with Crippen molar-refractivity contribution in [3.8, 4) is 0 Å². The fourth-order valence-electron chi connectivity index (χ4n) is 2.19. The Hall–Kier alpha value is -1.86. The molecule has 20 heavy (non-hydrogen) atoms. The summed E-state index contributed by atoms with van der Waals surface area (Å²) in [6.07, 6.45) is 2.64. The highest BCUT2D eigenvalue weighted by molar-refractivity contribution is 7.17. The molecule has 1 atom stereocenters. The molecule has 1 unspecified atom stereocenters. The standard InChI is InChI=1S/C13H16N6S/c1-3-14-11(7-13-16-18-19(2)17-13)9-6-12-10(15-8-9)4-5-20-12/h4-6,8,11,14H,3,7H2,1-2H3. The number of pyridine rings is 1. The number of rotatable bonds is 5. The van der Waals surface area contributed by atoms with Crippen molar-refractivity contribution in [2.45, 2.75) is 19.4 Å². The summed E-state index contributed by atoms with van der Waals surface area (Å²) in [5.74, 6) is 0.740. The van der Waals surface area contributed by atoms with Crippen molar-refractivity contribution in [3.05, 3.63) is 35.1 Å². The second kappa shape index (κ2) is 5.64. The summed E-state index contributed by atoms with van der Waals surface area (Å²) in [6.45, 7) is 2.97. The third kappa shape index (κ3) is 2.68. The summed E-state index contributed by atoms with van der Waals surface area (Å²) in [6, 6.07) is 4.38. The second-order valence-corrected chi connectivity index (χ2v) is 5.53. The fourth-order valence-corrected chi connectivity index (χ4v) is 2.98.